The molecule has 0 saturated carbocycles. The maximum Gasteiger partial charge on any atom is 0.310 e. The molecule has 0 aliphatic rings. The van der Waals surface area contributed by atoms with Crippen molar-refractivity contribution in [2.24, 2.45) is 0 Å². The summed E-state index contributed by atoms with van der Waals surface area (Å²) >= 11 is 11.5. The topological polar surface area (TPSA) is 52.3 Å². The Morgan fingerprint density at radius 3 is 2.57 bits per heavy atom. The van der Waals surface area contributed by atoms with Crippen molar-refractivity contribution in [3.8, 4) is 0 Å². The van der Waals surface area contributed by atoms with Gasteiger partial charge >= 0.3 is 5.97 Å². The third-order valence-corrected chi connectivity index (χ3v) is 2.47. The summed E-state index contributed by atoms with van der Waals surface area (Å²) < 4.78 is 4.51. The monoisotopic (exact) mass is 233 g/mol. The molecule has 76 valence electrons. The van der Waals surface area contributed by atoms with Gasteiger partial charge in [-0.2, -0.15) is 0 Å². The van der Waals surface area contributed by atoms with Gasteiger partial charge in [-0.1, -0.05) is 23.2 Å². The van der Waals surface area contributed by atoms with Gasteiger partial charge in [0.2, 0.25) is 0 Å². The summed E-state index contributed by atoms with van der Waals surface area (Å²) in [7, 11) is 1.32. The summed E-state index contributed by atoms with van der Waals surface area (Å²) in [6.07, 6.45) is 0.0965. The zero-order chi connectivity index (χ0) is 10.7. The predicted molar refractivity (Wildman–Crippen MR) is 56.6 cm³/mol. The van der Waals surface area contributed by atoms with E-state index in [2.05, 4.69) is 4.74 Å². The fourth-order valence-electron chi connectivity index (χ4n) is 0.984. The molecule has 1 aromatic carbocycles. The molecule has 0 saturated heterocycles. The van der Waals surface area contributed by atoms with Crippen LogP contribution in [-0.4, -0.2) is 13.1 Å². The number of methoxy groups -OCH3 is 1. The number of anilines is 1. The minimum absolute atomic E-state index is 0.0965. The quantitative estimate of drug-likeness (QED) is 0.630. The lowest BCUT2D eigenvalue weighted by Crippen LogP contribution is -2.06. The van der Waals surface area contributed by atoms with E-state index in [4.69, 9.17) is 28.9 Å². The molecule has 14 heavy (non-hydrogen) atoms. The minimum Gasteiger partial charge on any atom is -0.469 e. The van der Waals surface area contributed by atoms with E-state index < -0.39 is 0 Å². The highest BCUT2D eigenvalue weighted by Crippen LogP contribution is 2.27. The Balaban J connectivity index is 2.98. The maximum absolute atomic E-state index is 11.0. The molecule has 0 aliphatic carbocycles. The Morgan fingerprint density at radius 2 is 2.00 bits per heavy atom. The van der Waals surface area contributed by atoms with Crippen molar-refractivity contribution in [2.45, 2.75) is 6.42 Å². The first-order valence-electron chi connectivity index (χ1n) is 3.84. The van der Waals surface area contributed by atoms with Crippen LogP contribution in [0.3, 0.4) is 0 Å². The zero-order valence-corrected chi connectivity index (χ0v) is 9.02. The van der Waals surface area contributed by atoms with Gasteiger partial charge in [-0.15, -0.1) is 0 Å². The van der Waals surface area contributed by atoms with Crippen molar-refractivity contribution in [1.29, 1.82) is 0 Å². The first kappa shape index (κ1) is 11.1. The molecule has 0 aliphatic heterocycles. The van der Waals surface area contributed by atoms with E-state index in [9.17, 15) is 4.79 Å². The third kappa shape index (κ3) is 2.53. The van der Waals surface area contributed by atoms with Crippen LogP contribution in [0.1, 0.15) is 5.56 Å². The van der Waals surface area contributed by atoms with E-state index >= 15 is 0 Å². The largest absolute Gasteiger partial charge is 0.469 e. The Labute approximate surface area is 91.7 Å². The van der Waals surface area contributed by atoms with E-state index in [1.165, 1.54) is 13.2 Å². The molecular weight excluding hydrogens is 225 g/mol. The molecule has 5 heteroatoms. The molecule has 0 aromatic heterocycles. The molecule has 2 N–H and O–H groups in total. The first-order chi connectivity index (χ1) is 6.54. The molecule has 0 spiro atoms. The number of nitrogens with two attached hydrogens (primary N) is 1. The van der Waals surface area contributed by atoms with E-state index in [1.807, 2.05) is 0 Å². The van der Waals surface area contributed by atoms with E-state index in [-0.39, 0.29) is 12.4 Å². The van der Waals surface area contributed by atoms with Crippen LogP contribution in [0.25, 0.3) is 0 Å². The molecule has 1 aromatic rings. The molecule has 0 heterocycles. The van der Waals surface area contributed by atoms with E-state index in [0.29, 0.717) is 21.3 Å². The molecule has 0 fully saturated rings. The summed E-state index contributed by atoms with van der Waals surface area (Å²) in [5, 5.41) is 0.748. The summed E-state index contributed by atoms with van der Waals surface area (Å²) in [5.74, 6) is -0.366. The van der Waals surface area contributed by atoms with E-state index in [0.717, 1.165) is 0 Å². The fraction of sp³-hybridized carbons (Fsp3) is 0.222. The molecule has 0 radical (unpaired) electrons. The molecule has 0 bridgehead atoms. The Hall–Kier alpha value is -0.930. The lowest BCUT2D eigenvalue weighted by atomic mass is 10.1. The highest BCUT2D eigenvalue weighted by molar-refractivity contribution is 6.42. The number of hydrogen-bond acceptors (Lipinski definition) is 3. The SMILES string of the molecule is COC(=O)Cc1cc(Cl)c(Cl)cc1N. The average molecular weight is 234 g/mol. The van der Waals surface area contributed by atoms with E-state index in [1.54, 1.807) is 6.07 Å². The highest BCUT2D eigenvalue weighted by Gasteiger charge is 2.09. The van der Waals surface area contributed by atoms with Crippen LogP contribution in [-0.2, 0) is 16.0 Å². The number of rotatable bonds is 2. The Morgan fingerprint density at radius 1 is 1.43 bits per heavy atom. The normalized spacial score (nSPS) is 9.93. The Bertz CT molecular complexity index is 366. The van der Waals surface area contributed by atoms with Crippen molar-refractivity contribution in [3.05, 3.63) is 27.7 Å². The van der Waals surface area contributed by atoms with Crippen molar-refractivity contribution < 1.29 is 9.53 Å². The molecule has 0 atom stereocenters. The number of ether oxygens (including phenoxy) is 1. The summed E-state index contributed by atoms with van der Waals surface area (Å²) in [5.41, 5.74) is 6.69. The molecular formula is C9H9Cl2NO2. The summed E-state index contributed by atoms with van der Waals surface area (Å²) in [4.78, 5) is 11.0. The summed E-state index contributed by atoms with van der Waals surface area (Å²) in [6.45, 7) is 0. The average Bonchev–Trinajstić information content (AvgIpc) is 2.14. The molecule has 1 rings (SSSR count). The second kappa shape index (κ2) is 4.53. The van der Waals surface area contributed by atoms with Gasteiger partial charge in [-0.25, -0.2) is 0 Å². The van der Waals surface area contributed by atoms with Crippen molar-refractivity contribution in [2.75, 3.05) is 12.8 Å². The van der Waals surface area contributed by atoms with Crippen molar-refractivity contribution in [1.82, 2.24) is 0 Å². The second-order valence-electron chi connectivity index (χ2n) is 2.72. The van der Waals surface area contributed by atoms with Crippen LogP contribution < -0.4 is 5.73 Å². The van der Waals surface area contributed by atoms with Crippen LogP contribution in [0.15, 0.2) is 12.1 Å². The predicted octanol–water partition coefficient (Wildman–Crippen LogP) is 2.29. The zero-order valence-electron chi connectivity index (χ0n) is 7.51. The van der Waals surface area contributed by atoms with Crippen LogP contribution in [0.2, 0.25) is 10.0 Å². The Kier molecular flexibility index (Phi) is 3.61. The van der Waals surface area contributed by atoms with Crippen LogP contribution in [0.4, 0.5) is 5.69 Å². The smallest absolute Gasteiger partial charge is 0.310 e. The number of hydrogen-bond donors (Lipinski definition) is 1. The van der Waals surface area contributed by atoms with Gasteiger partial charge in [-0.05, 0) is 17.7 Å². The molecule has 3 nitrogen and oxygen atoms in total. The van der Waals surface area contributed by atoms with Crippen LogP contribution >= 0.6 is 23.2 Å². The standard InChI is InChI=1S/C9H9Cl2NO2/c1-14-9(13)3-5-2-6(10)7(11)4-8(5)12/h2,4H,3,12H2,1H3. The van der Waals surface area contributed by atoms with Gasteiger partial charge < -0.3 is 10.5 Å². The molecule has 0 amide bonds. The van der Waals surface area contributed by atoms with Gasteiger partial charge in [0, 0.05) is 5.69 Å². The number of halogens is 2. The third-order valence-electron chi connectivity index (χ3n) is 1.74. The molecule has 0 unspecified atom stereocenters. The first-order valence-corrected chi connectivity index (χ1v) is 4.60. The lowest BCUT2D eigenvalue weighted by Gasteiger charge is -2.06. The number of carbonyl (C=O) groups is 1. The summed E-state index contributed by atoms with van der Waals surface area (Å²) in [6, 6.07) is 3.08. The minimum atomic E-state index is -0.366. The van der Waals surface area contributed by atoms with Gasteiger partial charge in [0.1, 0.15) is 0 Å². The number of benzene rings is 1. The van der Waals surface area contributed by atoms with Crippen molar-refractivity contribution in [3.63, 3.8) is 0 Å². The second-order valence-corrected chi connectivity index (χ2v) is 3.53. The van der Waals surface area contributed by atoms with Gasteiger partial charge in [0.15, 0.2) is 0 Å². The highest BCUT2D eigenvalue weighted by atomic mass is 35.5. The van der Waals surface area contributed by atoms with Crippen LogP contribution in [0, 0.1) is 0 Å². The van der Waals surface area contributed by atoms with Gasteiger partial charge in [0.05, 0.1) is 23.6 Å². The van der Waals surface area contributed by atoms with Crippen molar-refractivity contribution >= 4 is 34.9 Å². The van der Waals surface area contributed by atoms with Crippen LogP contribution in [0.5, 0.6) is 0 Å². The van der Waals surface area contributed by atoms with Gasteiger partial charge in [0.25, 0.3) is 0 Å². The lowest BCUT2D eigenvalue weighted by molar-refractivity contribution is -0.139. The number of nitrogen functional groups attached to an aromatic ring is 1. The van der Waals surface area contributed by atoms with Gasteiger partial charge in [-0.3, -0.25) is 4.79 Å². The number of carbonyl (C=O) groups excluding carboxylic acids is 1. The maximum atomic E-state index is 11.0. The fourth-order valence-corrected chi connectivity index (χ4v) is 1.34. The number of esters is 1.